The average molecular weight is 613 g/mol. The summed E-state index contributed by atoms with van der Waals surface area (Å²) in [7, 11) is 0. The van der Waals surface area contributed by atoms with Crippen molar-refractivity contribution in [1.82, 2.24) is 25.1 Å². The Kier molecular flexibility index (Phi) is 10.8. The lowest BCUT2D eigenvalue weighted by Crippen LogP contribution is -2.56. The highest BCUT2D eigenvalue weighted by Crippen LogP contribution is 2.25. The molecular weight excluding hydrogens is 572 g/mol. The van der Waals surface area contributed by atoms with Crippen molar-refractivity contribution in [2.75, 3.05) is 55.9 Å². The van der Waals surface area contributed by atoms with Gasteiger partial charge in [-0.05, 0) is 34.1 Å². The van der Waals surface area contributed by atoms with Crippen LogP contribution in [0.1, 0.15) is 51.0 Å². The van der Waals surface area contributed by atoms with Crippen molar-refractivity contribution in [2.45, 2.75) is 52.2 Å². The number of ether oxygens (including phenoxy) is 2. The summed E-state index contributed by atoms with van der Waals surface area (Å²) in [5, 5.41) is 2.84. The first-order valence-electron chi connectivity index (χ1n) is 14.5. The van der Waals surface area contributed by atoms with Crippen molar-refractivity contribution in [2.24, 2.45) is 0 Å². The first-order valence-corrected chi connectivity index (χ1v) is 15.7. The third kappa shape index (κ3) is 9.06. The molecule has 0 aliphatic carbocycles. The average Bonchev–Trinajstić information content (AvgIpc) is 3.54. The van der Waals surface area contributed by atoms with E-state index in [4.69, 9.17) is 14.5 Å². The van der Waals surface area contributed by atoms with E-state index in [1.54, 1.807) is 55.3 Å². The fourth-order valence-electron chi connectivity index (χ4n) is 4.71. The van der Waals surface area contributed by atoms with Crippen molar-refractivity contribution in [1.29, 1.82) is 0 Å². The second kappa shape index (κ2) is 14.5. The van der Waals surface area contributed by atoms with E-state index in [0.29, 0.717) is 24.7 Å². The maximum absolute atomic E-state index is 13.7. The molecule has 0 saturated carbocycles. The van der Waals surface area contributed by atoms with E-state index in [1.807, 2.05) is 30.3 Å². The van der Waals surface area contributed by atoms with Crippen LogP contribution in [0.15, 0.2) is 36.4 Å². The number of hydrogen-bond donors (Lipinski definition) is 1. The van der Waals surface area contributed by atoms with Crippen LogP contribution in [0.25, 0.3) is 11.4 Å². The molecule has 1 aromatic heterocycles. The summed E-state index contributed by atoms with van der Waals surface area (Å²) in [6.45, 7) is 9.29. The number of carbonyl (C=O) groups excluding carboxylic acids is 4. The number of benzene rings is 1. The molecule has 43 heavy (non-hydrogen) atoms. The van der Waals surface area contributed by atoms with Crippen molar-refractivity contribution in [3.8, 4) is 11.4 Å². The quantitative estimate of drug-likeness (QED) is 0.421. The van der Waals surface area contributed by atoms with Crippen LogP contribution in [0.2, 0.25) is 0 Å². The van der Waals surface area contributed by atoms with E-state index < -0.39 is 29.6 Å². The molecule has 0 spiro atoms. The van der Waals surface area contributed by atoms with Crippen molar-refractivity contribution >= 4 is 41.5 Å². The van der Waals surface area contributed by atoms with Crippen LogP contribution in [0.5, 0.6) is 0 Å². The Morgan fingerprint density at radius 1 is 1.00 bits per heavy atom. The number of nitrogens with one attached hydrogen (secondary N) is 1. The monoisotopic (exact) mass is 612 g/mol. The lowest BCUT2D eigenvalue weighted by Gasteiger charge is -2.36. The van der Waals surface area contributed by atoms with E-state index in [0.717, 1.165) is 23.7 Å². The Morgan fingerprint density at radius 3 is 2.33 bits per heavy atom. The molecule has 2 saturated heterocycles. The summed E-state index contributed by atoms with van der Waals surface area (Å²) in [5.74, 6) is 1.41. The van der Waals surface area contributed by atoms with Crippen LogP contribution in [-0.2, 0) is 19.1 Å². The zero-order valence-corrected chi connectivity index (χ0v) is 26.0. The van der Waals surface area contributed by atoms with Crippen LogP contribution in [0.4, 0.5) is 10.6 Å². The number of rotatable bonds is 9. The number of amides is 3. The fourth-order valence-corrected chi connectivity index (χ4v) is 5.67. The first kappa shape index (κ1) is 32.1. The summed E-state index contributed by atoms with van der Waals surface area (Å²) >= 11 is 1.78. The third-order valence-electron chi connectivity index (χ3n) is 6.83. The van der Waals surface area contributed by atoms with Crippen LogP contribution in [0, 0.1) is 0 Å². The zero-order valence-electron chi connectivity index (χ0n) is 25.2. The zero-order chi connectivity index (χ0) is 31.0. The summed E-state index contributed by atoms with van der Waals surface area (Å²) in [6, 6.07) is 10.0. The minimum absolute atomic E-state index is 0.0455. The van der Waals surface area contributed by atoms with Crippen LogP contribution in [0.3, 0.4) is 0 Å². The molecule has 1 aromatic carbocycles. The standard InChI is InChI=1S/C30H40N6O6S/c1-5-41-29(40)35-15-13-34(14-16-35)28(39)22(11-12-25(37)42-30(2,3)4)32-27(38)23-19-24(36-17-18-43-20-36)33-26(31-23)21-9-7-6-8-10-21/h6-10,19,22H,5,11-18,20H2,1-4H3,(H,32,38). The molecule has 2 aliphatic heterocycles. The fraction of sp³-hybridized carbons (Fsp3) is 0.533. The highest BCUT2D eigenvalue weighted by molar-refractivity contribution is 7.99. The minimum atomic E-state index is -1.00. The van der Waals surface area contributed by atoms with Gasteiger partial charge >= 0.3 is 12.1 Å². The second-order valence-corrected chi connectivity index (χ2v) is 12.3. The summed E-state index contributed by atoms with van der Waals surface area (Å²) in [5.41, 5.74) is 0.215. The second-order valence-electron chi connectivity index (χ2n) is 11.3. The van der Waals surface area contributed by atoms with Crippen LogP contribution in [-0.4, -0.2) is 106 Å². The Bertz CT molecular complexity index is 1290. The summed E-state index contributed by atoms with van der Waals surface area (Å²) < 4.78 is 10.5. The van der Waals surface area contributed by atoms with Gasteiger partial charge in [-0.3, -0.25) is 14.4 Å². The molecule has 1 atom stereocenters. The lowest BCUT2D eigenvalue weighted by molar-refractivity contribution is -0.155. The third-order valence-corrected chi connectivity index (χ3v) is 7.80. The predicted octanol–water partition coefficient (Wildman–Crippen LogP) is 3.18. The SMILES string of the molecule is CCOC(=O)N1CCN(C(=O)C(CCC(=O)OC(C)(C)C)NC(=O)c2cc(N3CCSC3)nc(-c3ccccc3)n2)CC1. The van der Waals surface area contributed by atoms with E-state index in [2.05, 4.69) is 15.2 Å². The molecule has 1 N–H and O–H groups in total. The number of thioether (sulfide) groups is 1. The van der Waals surface area contributed by atoms with E-state index in [9.17, 15) is 19.2 Å². The Labute approximate surface area is 256 Å². The number of carbonyl (C=O) groups is 4. The molecular formula is C30H40N6O6S. The molecule has 4 rings (SSSR count). The molecule has 2 aromatic rings. The number of nitrogens with zero attached hydrogens (tertiary/aromatic N) is 5. The van der Waals surface area contributed by atoms with Gasteiger partial charge in [0.15, 0.2) is 5.82 Å². The number of anilines is 1. The Balaban J connectivity index is 1.55. The molecule has 13 heteroatoms. The molecule has 0 bridgehead atoms. The van der Waals surface area contributed by atoms with Crippen molar-refractivity contribution in [3.63, 3.8) is 0 Å². The number of piperazine rings is 1. The van der Waals surface area contributed by atoms with Gasteiger partial charge in [0.25, 0.3) is 5.91 Å². The van der Waals surface area contributed by atoms with E-state index >= 15 is 0 Å². The molecule has 2 fully saturated rings. The Morgan fingerprint density at radius 2 is 1.70 bits per heavy atom. The normalized spacial score (nSPS) is 16.0. The maximum Gasteiger partial charge on any atom is 0.409 e. The lowest BCUT2D eigenvalue weighted by atomic mass is 10.1. The van der Waals surface area contributed by atoms with Gasteiger partial charge in [0.2, 0.25) is 5.91 Å². The maximum atomic E-state index is 13.7. The smallest absolute Gasteiger partial charge is 0.409 e. The molecule has 232 valence electrons. The number of hydrogen-bond acceptors (Lipinski definition) is 10. The van der Waals surface area contributed by atoms with Gasteiger partial charge in [-0.25, -0.2) is 14.8 Å². The summed E-state index contributed by atoms with van der Waals surface area (Å²) in [4.78, 5) is 66.6. The minimum Gasteiger partial charge on any atom is -0.460 e. The molecule has 1 unspecified atom stereocenters. The van der Waals surface area contributed by atoms with Gasteiger partial charge in [-0.15, -0.1) is 11.8 Å². The van der Waals surface area contributed by atoms with Crippen LogP contribution >= 0.6 is 11.8 Å². The van der Waals surface area contributed by atoms with E-state index in [-0.39, 0.29) is 44.1 Å². The first-order chi connectivity index (χ1) is 20.5. The Hall–Kier alpha value is -3.87. The van der Waals surface area contributed by atoms with Gasteiger partial charge in [-0.2, -0.15) is 0 Å². The molecule has 2 aliphatic rings. The predicted molar refractivity (Wildman–Crippen MR) is 164 cm³/mol. The van der Waals surface area contributed by atoms with Crippen molar-refractivity contribution < 1.29 is 28.7 Å². The van der Waals surface area contributed by atoms with Crippen molar-refractivity contribution in [3.05, 3.63) is 42.1 Å². The van der Waals surface area contributed by atoms with Gasteiger partial charge < -0.3 is 29.5 Å². The van der Waals surface area contributed by atoms with Gasteiger partial charge in [0.05, 0.1) is 12.5 Å². The largest absolute Gasteiger partial charge is 0.460 e. The molecule has 3 amide bonds. The van der Waals surface area contributed by atoms with Gasteiger partial charge in [0, 0.05) is 56.5 Å². The molecule has 0 radical (unpaired) electrons. The highest BCUT2D eigenvalue weighted by atomic mass is 32.2. The summed E-state index contributed by atoms with van der Waals surface area (Å²) in [6.07, 6.45) is -0.440. The van der Waals surface area contributed by atoms with E-state index in [1.165, 1.54) is 0 Å². The number of esters is 1. The topological polar surface area (TPSA) is 134 Å². The number of aromatic nitrogens is 2. The molecule has 3 heterocycles. The van der Waals surface area contributed by atoms with Gasteiger partial charge in [-0.1, -0.05) is 30.3 Å². The highest BCUT2D eigenvalue weighted by Gasteiger charge is 2.32. The molecule has 12 nitrogen and oxygen atoms in total. The van der Waals surface area contributed by atoms with Crippen LogP contribution < -0.4 is 10.2 Å². The van der Waals surface area contributed by atoms with Gasteiger partial charge in [0.1, 0.15) is 23.2 Å².